The molecule has 0 heterocycles. The van der Waals surface area contributed by atoms with Crippen molar-refractivity contribution in [3.8, 4) is 0 Å². The lowest BCUT2D eigenvalue weighted by molar-refractivity contribution is 0.0630. The first-order chi connectivity index (χ1) is 9.92. The zero-order valence-electron chi connectivity index (χ0n) is 14.3. The Morgan fingerprint density at radius 2 is 1.14 bits per heavy atom. The van der Waals surface area contributed by atoms with Crippen LogP contribution in [0.5, 0.6) is 0 Å². The Kier molecular flexibility index (Phi) is 12.2. The monoisotopic (exact) mass is 304 g/mol. The maximum absolute atomic E-state index is 9.81. The van der Waals surface area contributed by atoms with Crippen LogP contribution in [-0.4, -0.2) is 83.2 Å². The molecule has 3 N–H and O–H groups in total. The van der Waals surface area contributed by atoms with Gasteiger partial charge in [-0.2, -0.15) is 0 Å². The number of hydrogen-bond donors (Lipinski definition) is 3. The van der Waals surface area contributed by atoms with Crippen molar-refractivity contribution in [2.45, 2.75) is 64.8 Å². The Bertz CT molecular complexity index is 230. The van der Waals surface area contributed by atoms with Crippen LogP contribution in [-0.2, 0) is 0 Å². The smallest absolute Gasteiger partial charge is 0.0664 e. The number of nitrogens with zero attached hydrogens (tertiary/aromatic N) is 2. The van der Waals surface area contributed by atoms with Gasteiger partial charge in [-0.15, -0.1) is 0 Å². The van der Waals surface area contributed by atoms with Gasteiger partial charge in [0.2, 0.25) is 0 Å². The fraction of sp³-hybridized carbons (Fsp3) is 1.00. The molecule has 0 saturated heterocycles. The average molecular weight is 304 g/mol. The maximum atomic E-state index is 9.81. The lowest BCUT2D eigenvalue weighted by Crippen LogP contribution is -2.39. The van der Waals surface area contributed by atoms with Crippen molar-refractivity contribution >= 4 is 0 Å². The van der Waals surface area contributed by atoms with Crippen LogP contribution in [0.4, 0.5) is 0 Å². The van der Waals surface area contributed by atoms with Gasteiger partial charge < -0.3 is 20.2 Å². The number of rotatable bonds is 13. The Hall–Kier alpha value is -0.200. The van der Waals surface area contributed by atoms with E-state index in [1.165, 1.54) is 0 Å². The van der Waals surface area contributed by atoms with Crippen molar-refractivity contribution in [2.24, 2.45) is 0 Å². The van der Waals surface area contributed by atoms with Gasteiger partial charge in [-0.25, -0.2) is 0 Å². The van der Waals surface area contributed by atoms with Crippen LogP contribution in [0.15, 0.2) is 0 Å². The molecule has 0 amide bonds. The third-order valence-corrected chi connectivity index (χ3v) is 3.89. The van der Waals surface area contributed by atoms with Crippen LogP contribution >= 0.6 is 0 Å². The van der Waals surface area contributed by atoms with Crippen molar-refractivity contribution < 1.29 is 15.3 Å². The third kappa shape index (κ3) is 11.1. The van der Waals surface area contributed by atoms with Gasteiger partial charge in [-0.1, -0.05) is 20.8 Å². The molecule has 0 fully saturated rings. The van der Waals surface area contributed by atoms with Crippen molar-refractivity contribution in [1.29, 1.82) is 0 Å². The van der Waals surface area contributed by atoms with E-state index in [0.717, 1.165) is 38.8 Å². The summed E-state index contributed by atoms with van der Waals surface area (Å²) in [7, 11) is 2.02. The molecule has 0 spiro atoms. The molecule has 0 bridgehead atoms. The minimum absolute atomic E-state index is 0.255. The summed E-state index contributed by atoms with van der Waals surface area (Å²) in [5.41, 5.74) is 0. The zero-order valence-corrected chi connectivity index (χ0v) is 14.3. The van der Waals surface area contributed by atoms with Crippen molar-refractivity contribution in [2.75, 3.05) is 39.8 Å². The van der Waals surface area contributed by atoms with Gasteiger partial charge in [-0.05, 0) is 45.8 Å². The quantitative estimate of drug-likeness (QED) is 0.472. The van der Waals surface area contributed by atoms with Crippen molar-refractivity contribution in [1.82, 2.24) is 9.80 Å². The molecule has 5 heteroatoms. The molecule has 0 radical (unpaired) electrons. The molecule has 0 saturated carbocycles. The summed E-state index contributed by atoms with van der Waals surface area (Å²) in [6.07, 6.45) is 2.32. The topological polar surface area (TPSA) is 67.2 Å². The Morgan fingerprint density at radius 1 is 0.714 bits per heavy atom. The van der Waals surface area contributed by atoms with Crippen LogP contribution in [0.3, 0.4) is 0 Å². The minimum Gasteiger partial charge on any atom is -0.392 e. The van der Waals surface area contributed by atoms with Gasteiger partial charge in [0.05, 0.1) is 18.3 Å². The van der Waals surface area contributed by atoms with Gasteiger partial charge in [0.15, 0.2) is 0 Å². The first-order valence-corrected chi connectivity index (χ1v) is 8.37. The molecule has 5 nitrogen and oxygen atoms in total. The highest BCUT2D eigenvalue weighted by molar-refractivity contribution is 4.69. The second-order valence-electron chi connectivity index (χ2n) is 6.06. The molecular formula is C16H36N2O3. The lowest BCUT2D eigenvalue weighted by Gasteiger charge is -2.28. The Morgan fingerprint density at radius 3 is 1.57 bits per heavy atom. The molecule has 0 aromatic carbocycles. The standard InChI is InChI=1S/C16H36N2O3/c1-5-14(19)11-17(4)9-8-10-18(12-15(20)6-2)13-16(21)7-3/h14-16,19-21H,5-13H2,1-4H3. The van der Waals surface area contributed by atoms with Crippen LogP contribution in [0.25, 0.3) is 0 Å². The van der Waals surface area contributed by atoms with E-state index < -0.39 is 0 Å². The van der Waals surface area contributed by atoms with Gasteiger partial charge in [-0.3, -0.25) is 4.90 Å². The summed E-state index contributed by atoms with van der Waals surface area (Å²) in [6, 6.07) is 0. The molecule has 21 heavy (non-hydrogen) atoms. The highest BCUT2D eigenvalue weighted by Gasteiger charge is 2.14. The molecule has 0 aliphatic rings. The minimum atomic E-state index is -0.325. The Balaban J connectivity index is 4.09. The van der Waals surface area contributed by atoms with E-state index in [1.54, 1.807) is 0 Å². The molecule has 128 valence electrons. The molecule has 0 rings (SSSR count). The van der Waals surface area contributed by atoms with Gasteiger partial charge in [0, 0.05) is 19.6 Å². The van der Waals surface area contributed by atoms with Crippen molar-refractivity contribution in [3.63, 3.8) is 0 Å². The van der Waals surface area contributed by atoms with E-state index in [2.05, 4.69) is 9.80 Å². The summed E-state index contributed by atoms with van der Waals surface area (Å²) in [5.74, 6) is 0. The molecule has 3 atom stereocenters. The molecule has 0 aromatic heterocycles. The summed E-state index contributed by atoms with van der Waals surface area (Å²) in [5, 5.41) is 29.2. The van der Waals surface area contributed by atoms with Crippen LogP contribution in [0, 0.1) is 0 Å². The first kappa shape index (κ1) is 20.8. The summed E-state index contributed by atoms with van der Waals surface area (Å²) >= 11 is 0. The normalized spacial score (nSPS) is 16.4. The van der Waals surface area contributed by atoms with Crippen LogP contribution < -0.4 is 0 Å². The van der Waals surface area contributed by atoms with Gasteiger partial charge >= 0.3 is 0 Å². The fourth-order valence-corrected chi connectivity index (χ4v) is 2.26. The van der Waals surface area contributed by atoms with Gasteiger partial charge in [0.25, 0.3) is 0 Å². The third-order valence-electron chi connectivity index (χ3n) is 3.89. The van der Waals surface area contributed by atoms with Crippen molar-refractivity contribution in [3.05, 3.63) is 0 Å². The van der Waals surface area contributed by atoms with Gasteiger partial charge in [0.1, 0.15) is 0 Å². The second kappa shape index (κ2) is 12.4. The summed E-state index contributed by atoms with van der Waals surface area (Å²) < 4.78 is 0. The number of likely N-dealkylation sites (N-methyl/N-ethyl adjacent to an activating group) is 1. The van der Waals surface area contributed by atoms with Crippen LogP contribution in [0.1, 0.15) is 46.5 Å². The number of aliphatic hydroxyl groups excluding tert-OH is 3. The zero-order chi connectivity index (χ0) is 16.3. The second-order valence-corrected chi connectivity index (χ2v) is 6.06. The van der Waals surface area contributed by atoms with E-state index in [1.807, 2.05) is 27.8 Å². The average Bonchev–Trinajstić information content (AvgIpc) is 2.46. The molecule has 3 unspecified atom stereocenters. The van der Waals surface area contributed by atoms with E-state index in [9.17, 15) is 15.3 Å². The van der Waals surface area contributed by atoms with E-state index in [4.69, 9.17) is 0 Å². The number of hydrogen-bond acceptors (Lipinski definition) is 5. The highest BCUT2D eigenvalue weighted by Crippen LogP contribution is 2.03. The van der Waals surface area contributed by atoms with E-state index >= 15 is 0 Å². The predicted molar refractivity (Wildman–Crippen MR) is 87.4 cm³/mol. The SMILES string of the molecule is CCC(O)CN(C)CCCN(CC(O)CC)CC(O)CC. The summed E-state index contributed by atoms with van der Waals surface area (Å²) in [6.45, 7) is 9.64. The molecule has 0 aliphatic heterocycles. The molecule has 0 aromatic rings. The predicted octanol–water partition coefficient (Wildman–Crippen LogP) is 0.923. The molecular weight excluding hydrogens is 268 g/mol. The maximum Gasteiger partial charge on any atom is 0.0664 e. The first-order valence-electron chi connectivity index (χ1n) is 8.37. The Labute approximate surface area is 130 Å². The highest BCUT2D eigenvalue weighted by atomic mass is 16.3. The molecule has 0 aliphatic carbocycles. The fourth-order valence-electron chi connectivity index (χ4n) is 2.26. The number of aliphatic hydroxyl groups is 3. The van der Waals surface area contributed by atoms with E-state index in [-0.39, 0.29) is 18.3 Å². The van der Waals surface area contributed by atoms with E-state index in [0.29, 0.717) is 19.6 Å². The summed E-state index contributed by atoms with van der Waals surface area (Å²) in [4.78, 5) is 4.28. The lowest BCUT2D eigenvalue weighted by atomic mass is 10.2. The largest absolute Gasteiger partial charge is 0.392 e. The van der Waals surface area contributed by atoms with Crippen LogP contribution in [0.2, 0.25) is 0 Å².